The summed E-state index contributed by atoms with van der Waals surface area (Å²) in [4.78, 5) is 26.1. The van der Waals surface area contributed by atoms with Gasteiger partial charge in [0.05, 0.1) is 7.11 Å². The third kappa shape index (κ3) is 3.89. The fourth-order valence-corrected chi connectivity index (χ4v) is 0.513. The van der Waals surface area contributed by atoms with Crippen molar-refractivity contribution in [2.24, 2.45) is 0 Å². The molecule has 0 aromatic heterocycles. The average Bonchev–Trinajstić information content (AvgIpc) is 2.04. The van der Waals surface area contributed by atoms with Gasteiger partial charge in [-0.2, -0.15) is 5.48 Å². The molecule has 0 aromatic rings. The van der Waals surface area contributed by atoms with Crippen molar-refractivity contribution in [3.8, 4) is 0 Å². The Morgan fingerprint density at radius 3 is 2.42 bits per heavy atom. The Kier molecular flexibility index (Phi) is 4.98. The van der Waals surface area contributed by atoms with Crippen LogP contribution in [0.25, 0.3) is 0 Å². The second-order valence-electron chi connectivity index (χ2n) is 2.11. The van der Waals surface area contributed by atoms with Crippen LogP contribution < -0.4 is 16.1 Å². The predicted octanol–water partition coefficient (Wildman–Crippen LogP) is -1.02. The van der Waals surface area contributed by atoms with Gasteiger partial charge in [0.2, 0.25) is 5.91 Å². The molecule has 0 bridgehead atoms. The van der Waals surface area contributed by atoms with Crippen LogP contribution in [-0.2, 0) is 9.63 Å². The molecule has 0 saturated heterocycles. The molecule has 0 spiro atoms. The van der Waals surface area contributed by atoms with Gasteiger partial charge in [0.15, 0.2) is 0 Å². The molecule has 0 heterocycles. The number of amides is 3. The smallest absolute Gasteiger partial charge is 0.321 e. The predicted molar refractivity (Wildman–Crippen MR) is 42.2 cm³/mol. The van der Waals surface area contributed by atoms with Gasteiger partial charge in [-0.15, -0.1) is 0 Å². The van der Waals surface area contributed by atoms with Crippen LogP contribution in [0.3, 0.4) is 0 Å². The standard InChI is InChI=1S/C6H13N3O3/c1-4(9-12-3)5(10)8-6(11)7-2/h4,9H,1-3H3,(H2,7,8,10,11). The van der Waals surface area contributed by atoms with E-state index >= 15 is 0 Å². The van der Waals surface area contributed by atoms with Gasteiger partial charge in [0.1, 0.15) is 6.04 Å². The first kappa shape index (κ1) is 10.9. The maximum atomic E-state index is 11.0. The van der Waals surface area contributed by atoms with Crippen LogP contribution in [0.1, 0.15) is 6.92 Å². The Hall–Kier alpha value is -1.14. The zero-order valence-electron chi connectivity index (χ0n) is 7.30. The average molecular weight is 175 g/mol. The summed E-state index contributed by atoms with van der Waals surface area (Å²) in [5.74, 6) is -0.448. The highest BCUT2D eigenvalue weighted by Crippen LogP contribution is 1.80. The van der Waals surface area contributed by atoms with Crippen LogP contribution in [0.2, 0.25) is 0 Å². The van der Waals surface area contributed by atoms with E-state index in [4.69, 9.17) is 0 Å². The first-order chi connectivity index (χ1) is 5.61. The first-order valence-electron chi connectivity index (χ1n) is 3.43. The number of hydrogen-bond acceptors (Lipinski definition) is 4. The quantitative estimate of drug-likeness (QED) is 0.480. The SMILES string of the molecule is CNC(=O)NC(=O)C(C)NOC. The number of nitrogens with one attached hydrogen (secondary N) is 3. The van der Waals surface area contributed by atoms with Gasteiger partial charge < -0.3 is 10.2 Å². The summed E-state index contributed by atoms with van der Waals surface area (Å²) < 4.78 is 0. The molecule has 0 saturated carbocycles. The van der Waals surface area contributed by atoms with Crippen molar-refractivity contribution in [2.45, 2.75) is 13.0 Å². The maximum Gasteiger partial charge on any atom is 0.321 e. The summed E-state index contributed by atoms with van der Waals surface area (Å²) in [7, 11) is 2.82. The summed E-state index contributed by atoms with van der Waals surface area (Å²) >= 11 is 0. The molecule has 0 fully saturated rings. The highest BCUT2D eigenvalue weighted by atomic mass is 16.6. The molecular formula is C6H13N3O3. The van der Waals surface area contributed by atoms with Crippen molar-refractivity contribution < 1.29 is 14.4 Å². The fraction of sp³-hybridized carbons (Fsp3) is 0.667. The van der Waals surface area contributed by atoms with Gasteiger partial charge >= 0.3 is 6.03 Å². The van der Waals surface area contributed by atoms with Gasteiger partial charge in [-0.1, -0.05) is 0 Å². The highest BCUT2D eigenvalue weighted by Gasteiger charge is 2.13. The lowest BCUT2D eigenvalue weighted by Crippen LogP contribution is -2.46. The fourth-order valence-electron chi connectivity index (χ4n) is 0.513. The monoisotopic (exact) mass is 175 g/mol. The molecule has 1 atom stereocenters. The zero-order chi connectivity index (χ0) is 9.56. The molecule has 0 aliphatic rings. The molecule has 3 N–H and O–H groups in total. The lowest BCUT2D eigenvalue weighted by Gasteiger charge is -2.10. The van der Waals surface area contributed by atoms with Crippen LogP contribution in [-0.4, -0.2) is 32.1 Å². The van der Waals surface area contributed by atoms with Gasteiger partial charge in [0, 0.05) is 7.05 Å². The Bertz CT molecular complexity index is 171. The molecule has 6 nitrogen and oxygen atoms in total. The number of rotatable bonds is 3. The third-order valence-corrected chi connectivity index (χ3v) is 1.15. The van der Waals surface area contributed by atoms with Crippen molar-refractivity contribution in [1.82, 2.24) is 16.1 Å². The molecule has 70 valence electrons. The maximum absolute atomic E-state index is 11.0. The number of hydrogen-bond donors (Lipinski definition) is 3. The molecule has 1 unspecified atom stereocenters. The third-order valence-electron chi connectivity index (χ3n) is 1.15. The van der Waals surface area contributed by atoms with E-state index in [0.717, 1.165) is 0 Å². The number of carbonyl (C=O) groups excluding carboxylic acids is 2. The van der Waals surface area contributed by atoms with Gasteiger partial charge in [-0.25, -0.2) is 4.79 Å². The van der Waals surface area contributed by atoms with Crippen LogP contribution in [0, 0.1) is 0 Å². The first-order valence-corrected chi connectivity index (χ1v) is 3.43. The lowest BCUT2D eigenvalue weighted by molar-refractivity contribution is -0.124. The van der Waals surface area contributed by atoms with E-state index < -0.39 is 18.0 Å². The van der Waals surface area contributed by atoms with E-state index in [1.807, 2.05) is 0 Å². The second kappa shape index (κ2) is 5.50. The molecule has 0 aromatic carbocycles. The van der Waals surface area contributed by atoms with Gasteiger partial charge in [-0.05, 0) is 6.92 Å². The lowest BCUT2D eigenvalue weighted by atomic mass is 10.3. The molecule has 12 heavy (non-hydrogen) atoms. The Balaban J connectivity index is 3.78. The van der Waals surface area contributed by atoms with Crippen LogP contribution >= 0.6 is 0 Å². The van der Waals surface area contributed by atoms with E-state index in [2.05, 4.69) is 21.0 Å². The molecule has 3 amide bonds. The number of urea groups is 1. The van der Waals surface area contributed by atoms with Crippen molar-refractivity contribution in [3.05, 3.63) is 0 Å². The van der Waals surface area contributed by atoms with E-state index in [0.29, 0.717) is 0 Å². The summed E-state index contributed by atoms with van der Waals surface area (Å²) in [6, 6.07) is -1.10. The van der Waals surface area contributed by atoms with E-state index in [1.54, 1.807) is 6.92 Å². The Morgan fingerprint density at radius 2 is 2.00 bits per heavy atom. The van der Waals surface area contributed by atoms with Crippen molar-refractivity contribution in [1.29, 1.82) is 0 Å². The van der Waals surface area contributed by atoms with E-state index in [-0.39, 0.29) is 0 Å². The van der Waals surface area contributed by atoms with Crippen molar-refractivity contribution in [2.75, 3.05) is 14.2 Å². The molecule has 0 rings (SSSR count). The Labute approximate surface area is 70.6 Å². The second-order valence-corrected chi connectivity index (χ2v) is 2.11. The number of imide groups is 1. The van der Waals surface area contributed by atoms with Crippen LogP contribution in [0.4, 0.5) is 4.79 Å². The summed E-state index contributed by atoms with van der Waals surface area (Å²) in [6.07, 6.45) is 0. The minimum atomic E-state index is -0.563. The number of carbonyl (C=O) groups is 2. The minimum absolute atomic E-state index is 0.448. The van der Waals surface area contributed by atoms with Crippen LogP contribution in [0.5, 0.6) is 0 Å². The largest absolute Gasteiger partial charge is 0.341 e. The normalized spacial score (nSPS) is 11.9. The molecule has 6 heteroatoms. The summed E-state index contributed by atoms with van der Waals surface area (Å²) in [5.41, 5.74) is 2.38. The van der Waals surface area contributed by atoms with Crippen molar-refractivity contribution >= 4 is 11.9 Å². The van der Waals surface area contributed by atoms with Gasteiger partial charge in [0.25, 0.3) is 0 Å². The molecule has 0 aliphatic heterocycles. The Morgan fingerprint density at radius 1 is 1.42 bits per heavy atom. The van der Waals surface area contributed by atoms with Gasteiger partial charge in [-0.3, -0.25) is 10.1 Å². The summed E-state index contributed by atoms with van der Waals surface area (Å²) in [5, 5.41) is 4.34. The molecule has 0 radical (unpaired) electrons. The zero-order valence-corrected chi connectivity index (χ0v) is 7.30. The van der Waals surface area contributed by atoms with Crippen molar-refractivity contribution in [3.63, 3.8) is 0 Å². The molecule has 0 aliphatic carbocycles. The highest BCUT2D eigenvalue weighted by molar-refractivity contribution is 5.96. The topological polar surface area (TPSA) is 79.5 Å². The number of hydroxylamine groups is 1. The minimum Gasteiger partial charge on any atom is -0.341 e. The van der Waals surface area contributed by atoms with Crippen LogP contribution in [0.15, 0.2) is 0 Å². The molecular weight excluding hydrogens is 162 g/mol. The summed E-state index contributed by atoms with van der Waals surface area (Å²) in [6.45, 7) is 1.57. The van der Waals surface area contributed by atoms with E-state index in [1.165, 1.54) is 14.2 Å². The van der Waals surface area contributed by atoms with E-state index in [9.17, 15) is 9.59 Å².